The van der Waals surface area contributed by atoms with Crippen molar-refractivity contribution in [3.63, 3.8) is 0 Å². The Balaban J connectivity index is 2.70. The van der Waals surface area contributed by atoms with Crippen LogP contribution in [-0.2, 0) is 4.79 Å². The standard InChI is InChI=1S/C14H26BrNO/c1-10(2)9-16(12-7-5-6-8-12)14(17)13(15)11(3)4/h10-13H,5-9H2,1-4H3. The number of hydrogen-bond donors (Lipinski definition) is 0. The number of rotatable bonds is 5. The van der Waals surface area contributed by atoms with Gasteiger partial charge in [-0.25, -0.2) is 0 Å². The van der Waals surface area contributed by atoms with E-state index in [-0.39, 0.29) is 4.83 Å². The minimum Gasteiger partial charge on any atom is -0.338 e. The molecule has 100 valence electrons. The van der Waals surface area contributed by atoms with Crippen LogP contribution in [0.15, 0.2) is 0 Å². The summed E-state index contributed by atoms with van der Waals surface area (Å²) in [5.74, 6) is 1.20. The molecule has 1 fully saturated rings. The zero-order chi connectivity index (χ0) is 13.0. The monoisotopic (exact) mass is 303 g/mol. The van der Waals surface area contributed by atoms with E-state index in [2.05, 4.69) is 48.5 Å². The van der Waals surface area contributed by atoms with Crippen molar-refractivity contribution in [1.29, 1.82) is 0 Å². The molecule has 0 bridgehead atoms. The van der Waals surface area contributed by atoms with E-state index < -0.39 is 0 Å². The summed E-state index contributed by atoms with van der Waals surface area (Å²) in [6.07, 6.45) is 4.94. The molecule has 2 nitrogen and oxygen atoms in total. The second kappa shape index (κ2) is 6.77. The van der Waals surface area contributed by atoms with Crippen LogP contribution in [0.1, 0.15) is 53.4 Å². The first-order valence-electron chi connectivity index (χ1n) is 6.88. The number of carbonyl (C=O) groups excluding carboxylic acids is 1. The Morgan fingerprint density at radius 2 is 1.76 bits per heavy atom. The lowest BCUT2D eigenvalue weighted by molar-refractivity contribution is -0.134. The molecule has 0 heterocycles. The van der Waals surface area contributed by atoms with Crippen molar-refractivity contribution in [2.24, 2.45) is 11.8 Å². The van der Waals surface area contributed by atoms with Crippen molar-refractivity contribution in [1.82, 2.24) is 4.90 Å². The molecule has 1 amide bonds. The van der Waals surface area contributed by atoms with Crippen LogP contribution >= 0.6 is 15.9 Å². The fourth-order valence-electron chi connectivity index (χ4n) is 2.47. The molecule has 1 unspecified atom stereocenters. The summed E-state index contributed by atoms with van der Waals surface area (Å²) in [5.41, 5.74) is 0. The molecule has 0 aliphatic heterocycles. The fourth-order valence-corrected chi connectivity index (χ4v) is 2.73. The first kappa shape index (κ1) is 15.0. The Morgan fingerprint density at radius 1 is 1.24 bits per heavy atom. The van der Waals surface area contributed by atoms with Crippen LogP contribution in [0, 0.1) is 11.8 Å². The van der Waals surface area contributed by atoms with E-state index in [1.54, 1.807) is 0 Å². The highest BCUT2D eigenvalue weighted by molar-refractivity contribution is 9.10. The van der Waals surface area contributed by atoms with E-state index >= 15 is 0 Å². The first-order chi connectivity index (χ1) is 7.93. The average molecular weight is 304 g/mol. The van der Waals surface area contributed by atoms with Crippen molar-refractivity contribution in [2.75, 3.05) is 6.54 Å². The van der Waals surface area contributed by atoms with E-state index in [1.807, 2.05) is 0 Å². The normalized spacial score (nSPS) is 19.0. The summed E-state index contributed by atoms with van der Waals surface area (Å²) in [6, 6.07) is 0.490. The maximum absolute atomic E-state index is 12.5. The van der Waals surface area contributed by atoms with Crippen molar-refractivity contribution in [3.05, 3.63) is 0 Å². The summed E-state index contributed by atoms with van der Waals surface area (Å²) in [4.78, 5) is 14.6. The number of carbonyl (C=O) groups is 1. The van der Waals surface area contributed by atoms with Gasteiger partial charge in [0, 0.05) is 12.6 Å². The Bertz CT molecular complexity index is 247. The number of hydrogen-bond acceptors (Lipinski definition) is 1. The highest BCUT2D eigenvalue weighted by atomic mass is 79.9. The lowest BCUT2D eigenvalue weighted by atomic mass is 10.1. The second-order valence-corrected chi connectivity index (χ2v) is 6.96. The van der Waals surface area contributed by atoms with Gasteiger partial charge in [-0.1, -0.05) is 56.5 Å². The van der Waals surface area contributed by atoms with Gasteiger partial charge in [0.2, 0.25) is 5.91 Å². The smallest absolute Gasteiger partial charge is 0.236 e. The average Bonchev–Trinajstić information content (AvgIpc) is 2.76. The molecule has 1 saturated carbocycles. The van der Waals surface area contributed by atoms with Crippen molar-refractivity contribution < 1.29 is 4.79 Å². The van der Waals surface area contributed by atoms with Gasteiger partial charge in [-0.2, -0.15) is 0 Å². The number of amides is 1. The largest absolute Gasteiger partial charge is 0.338 e. The van der Waals surface area contributed by atoms with Crippen LogP contribution in [0.5, 0.6) is 0 Å². The molecule has 0 aromatic carbocycles. The molecule has 0 spiro atoms. The molecule has 0 N–H and O–H groups in total. The first-order valence-corrected chi connectivity index (χ1v) is 7.79. The van der Waals surface area contributed by atoms with E-state index in [1.165, 1.54) is 25.7 Å². The molecular formula is C14H26BrNO. The van der Waals surface area contributed by atoms with Gasteiger partial charge in [0.15, 0.2) is 0 Å². The highest BCUT2D eigenvalue weighted by Gasteiger charge is 2.31. The molecule has 1 atom stereocenters. The Kier molecular flexibility index (Phi) is 5.98. The maximum Gasteiger partial charge on any atom is 0.236 e. The van der Waals surface area contributed by atoms with Crippen molar-refractivity contribution >= 4 is 21.8 Å². The Labute approximate surface area is 114 Å². The topological polar surface area (TPSA) is 20.3 Å². The van der Waals surface area contributed by atoms with Gasteiger partial charge in [0.25, 0.3) is 0 Å². The minimum atomic E-state index is -0.0261. The molecule has 0 aromatic heterocycles. The summed E-state index contributed by atoms with van der Waals surface area (Å²) in [7, 11) is 0. The number of alkyl halides is 1. The molecule has 1 aliphatic carbocycles. The van der Waals surface area contributed by atoms with Crippen LogP contribution < -0.4 is 0 Å². The zero-order valence-corrected chi connectivity index (χ0v) is 13.2. The highest BCUT2D eigenvalue weighted by Crippen LogP contribution is 2.27. The van der Waals surface area contributed by atoms with E-state index in [0.29, 0.717) is 23.8 Å². The van der Waals surface area contributed by atoms with Gasteiger partial charge in [-0.05, 0) is 24.7 Å². The molecule has 3 heteroatoms. The summed E-state index contributed by atoms with van der Waals surface area (Å²) in [5, 5.41) is 0. The maximum atomic E-state index is 12.5. The van der Waals surface area contributed by atoms with E-state index in [9.17, 15) is 4.79 Å². The van der Waals surface area contributed by atoms with Gasteiger partial charge in [0.1, 0.15) is 0 Å². The predicted octanol–water partition coefficient (Wildman–Crippen LogP) is 3.83. The lowest BCUT2D eigenvalue weighted by Crippen LogP contribution is -2.46. The van der Waals surface area contributed by atoms with E-state index in [4.69, 9.17) is 0 Å². The van der Waals surface area contributed by atoms with Gasteiger partial charge < -0.3 is 4.90 Å². The molecule has 1 aliphatic rings. The quantitative estimate of drug-likeness (QED) is 0.707. The Morgan fingerprint density at radius 3 is 2.18 bits per heavy atom. The third kappa shape index (κ3) is 4.27. The molecule has 1 rings (SSSR count). The summed E-state index contributed by atoms with van der Waals surface area (Å²) >= 11 is 3.55. The minimum absolute atomic E-state index is 0.0261. The van der Waals surface area contributed by atoms with Crippen LogP contribution in [0.2, 0.25) is 0 Å². The summed E-state index contributed by atoms with van der Waals surface area (Å²) in [6.45, 7) is 9.47. The van der Waals surface area contributed by atoms with Gasteiger partial charge in [0.05, 0.1) is 4.83 Å². The lowest BCUT2D eigenvalue weighted by Gasteiger charge is -2.33. The summed E-state index contributed by atoms with van der Waals surface area (Å²) < 4.78 is 0. The van der Waals surface area contributed by atoms with Gasteiger partial charge in [-0.15, -0.1) is 0 Å². The molecule has 17 heavy (non-hydrogen) atoms. The fraction of sp³-hybridized carbons (Fsp3) is 0.929. The molecule has 0 saturated heterocycles. The van der Waals surface area contributed by atoms with Crippen LogP contribution in [-0.4, -0.2) is 28.2 Å². The van der Waals surface area contributed by atoms with E-state index in [0.717, 1.165) is 6.54 Å². The SMILES string of the molecule is CC(C)CN(C(=O)C(Br)C(C)C)C1CCCC1. The van der Waals surface area contributed by atoms with Crippen LogP contribution in [0.4, 0.5) is 0 Å². The van der Waals surface area contributed by atoms with Crippen LogP contribution in [0.3, 0.4) is 0 Å². The zero-order valence-electron chi connectivity index (χ0n) is 11.6. The van der Waals surface area contributed by atoms with Crippen LogP contribution in [0.25, 0.3) is 0 Å². The molecule has 0 aromatic rings. The van der Waals surface area contributed by atoms with Crippen molar-refractivity contribution in [2.45, 2.75) is 64.2 Å². The molecule has 0 radical (unpaired) electrons. The number of halogens is 1. The second-order valence-electron chi connectivity index (χ2n) is 5.97. The third-order valence-corrected chi connectivity index (χ3v) is 4.88. The third-order valence-electron chi connectivity index (χ3n) is 3.43. The van der Waals surface area contributed by atoms with Gasteiger partial charge in [-0.3, -0.25) is 4.79 Å². The Hall–Kier alpha value is -0.0500. The number of nitrogens with zero attached hydrogens (tertiary/aromatic N) is 1. The predicted molar refractivity (Wildman–Crippen MR) is 76.4 cm³/mol. The van der Waals surface area contributed by atoms with Gasteiger partial charge >= 0.3 is 0 Å². The molecular weight excluding hydrogens is 278 g/mol. The van der Waals surface area contributed by atoms with Crippen molar-refractivity contribution in [3.8, 4) is 0 Å².